The molecule has 0 atom stereocenters. The Morgan fingerprint density at radius 2 is 1.32 bits per heavy atom. The summed E-state index contributed by atoms with van der Waals surface area (Å²) >= 11 is 0. The van der Waals surface area contributed by atoms with E-state index in [-0.39, 0.29) is 10.8 Å². The van der Waals surface area contributed by atoms with Crippen LogP contribution in [0, 0.1) is 20.8 Å². The van der Waals surface area contributed by atoms with Crippen molar-refractivity contribution >= 4 is 11.4 Å². The molecule has 28 heavy (non-hydrogen) atoms. The molecule has 0 saturated heterocycles. The van der Waals surface area contributed by atoms with E-state index in [4.69, 9.17) is 0 Å². The van der Waals surface area contributed by atoms with Crippen molar-refractivity contribution in [3.05, 3.63) is 69.9 Å². The molecule has 0 saturated carbocycles. The molecular weight excluding hydrogens is 340 g/mol. The lowest BCUT2D eigenvalue weighted by Crippen LogP contribution is -2.28. The molecule has 1 aliphatic rings. The zero-order valence-corrected chi connectivity index (χ0v) is 19.1. The first kappa shape index (κ1) is 20.5. The van der Waals surface area contributed by atoms with Gasteiger partial charge in [-0.3, -0.25) is 0 Å². The van der Waals surface area contributed by atoms with Gasteiger partial charge < -0.3 is 10.2 Å². The summed E-state index contributed by atoms with van der Waals surface area (Å²) in [5, 5.41) is 3.51. The maximum absolute atomic E-state index is 3.51. The molecule has 3 rings (SSSR count). The second-order valence-corrected chi connectivity index (χ2v) is 10.3. The number of benzene rings is 2. The Balaban J connectivity index is 2.26. The number of nitrogens with one attached hydrogen (secondary N) is 1. The van der Waals surface area contributed by atoms with Gasteiger partial charge in [0.05, 0.1) is 12.4 Å². The number of rotatable bonds is 2. The number of anilines is 1. The lowest BCUT2D eigenvalue weighted by Gasteiger charge is -2.34. The largest absolute Gasteiger partial charge is 0.372 e. The predicted molar refractivity (Wildman–Crippen MR) is 123 cm³/mol. The van der Waals surface area contributed by atoms with Gasteiger partial charge in [0.2, 0.25) is 0 Å². The Bertz CT molecular complexity index is 865. The third kappa shape index (κ3) is 3.70. The average Bonchev–Trinajstić information content (AvgIpc) is 3.00. The molecule has 2 nitrogen and oxygen atoms in total. The minimum Gasteiger partial charge on any atom is -0.372 e. The fourth-order valence-electron chi connectivity index (χ4n) is 4.48. The smallest absolute Gasteiger partial charge is 0.0922 e. The first-order valence-electron chi connectivity index (χ1n) is 10.3. The second-order valence-electron chi connectivity index (χ2n) is 10.3. The molecule has 0 aliphatic carbocycles. The molecule has 2 aromatic carbocycles. The zero-order chi connectivity index (χ0) is 20.9. The molecule has 0 amide bonds. The van der Waals surface area contributed by atoms with Crippen LogP contribution in [-0.2, 0) is 10.8 Å². The van der Waals surface area contributed by atoms with Gasteiger partial charge in [0.25, 0.3) is 0 Å². The Kier molecular flexibility index (Phi) is 5.12. The van der Waals surface area contributed by atoms with E-state index in [1.165, 1.54) is 44.8 Å². The first-order valence-corrected chi connectivity index (χ1v) is 10.3. The normalized spacial score (nSPS) is 14.9. The summed E-state index contributed by atoms with van der Waals surface area (Å²) in [4.78, 5) is 2.46. The summed E-state index contributed by atoms with van der Waals surface area (Å²) in [6.45, 7) is 21.3. The van der Waals surface area contributed by atoms with Gasteiger partial charge in [-0.25, -0.2) is 0 Å². The Morgan fingerprint density at radius 3 is 1.79 bits per heavy atom. The lowest BCUT2D eigenvalue weighted by atomic mass is 9.75. The summed E-state index contributed by atoms with van der Waals surface area (Å²) in [7, 11) is 0. The van der Waals surface area contributed by atoms with Crippen LogP contribution in [0.5, 0.6) is 0 Å². The van der Waals surface area contributed by atoms with Crippen LogP contribution in [-0.4, -0.2) is 6.67 Å². The van der Waals surface area contributed by atoms with Crippen molar-refractivity contribution < 1.29 is 0 Å². The Morgan fingerprint density at radius 1 is 0.821 bits per heavy atom. The monoisotopic (exact) mass is 376 g/mol. The predicted octanol–water partition coefficient (Wildman–Crippen LogP) is 6.57. The zero-order valence-electron chi connectivity index (χ0n) is 19.1. The first-order chi connectivity index (χ1) is 12.9. The molecule has 0 radical (unpaired) electrons. The number of nitrogens with zero attached hydrogens (tertiary/aromatic N) is 1. The van der Waals surface area contributed by atoms with Gasteiger partial charge in [-0.1, -0.05) is 77.4 Å². The van der Waals surface area contributed by atoms with E-state index in [9.17, 15) is 0 Å². The molecular formula is C26H36N2. The van der Waals surface area contributed by atoms with Gasteiger partial charge in [0, 0.05) is 17.5 Å². The van der Waals surface area contributed by atoms with Gasteiger partial charge in [-0.05, 0) is 53.9 Å². The molecule has 0 spiro atoms. The van der Waals surface area contributed by atoms with E-state index in [2.05, 4.69) is 109 Å². The number of hydrogen-bond donors (Lipinski definition) is 1. The second kappa shape index (κ2) is 6.99. The third-order valence-electron chi connectivity index (χ3n) is 5.62. The van der Waals surface area contributed by atoms with Crippen molar-refractivity contribution in [3.63, 3.8) is 0 Å². The lowest BCUT2D eigenvalue weighted by molar-refractivity contribution is 0.565. The number of aryl methyl sites for hydroxylation is 3. The summed E-state index contributed by atoms with van der Waals surface area (Å²) in [5.74, 6) is 0. The van der Waals surface area contributed by atoms with Crippen molar-refractivity contribution in [3.8, 4) is 0 Å². The van der Waals surface area contributed by atoms with Crippen molar-refractivity contribution in [2.45, 2.75) is 73.1 Å². The minimum atomic E-state index is 0.0725. The van der Waals surface area contributed by atoms with Crippen LogP contribution >= 0.6 is 0 Å². The van der Waals surface area contributed by atoms with E-state index in [0.29, 0.717) is 0 Å². The maximum atomic E-state index is 3.51. The SMILES string of the molecule is Cc1cc(C)c(N2CNC=C2c2c(C(C)(C)C)cccc2C(C)(C)C)c(C)c1. The van der Waals surface area contributed by atoms with Crippen LogP contribution in [0.2, 0.25) is 0 Å². The highest BCUT2D eigenvalue weighted by molar-refractivity contribution is 5.86. The molecule has 0 unspecified atom stereocenters. The van der Waals surface area contributed by atoms with E-state index in [1.807, 2.05) is 0 Å². The van der Waals surface area contributed by atoms with Gasteiger partial charge in [0.15, 0.2) is 0 Å². The standard InChI is InChI=1S/C26H36N2/c1-17-13-18(2)24(19(3)14-17)28-16-27-15-22(28)23-20(25(4,5)6)11-10-12-21(23)26(7,8)9/h10-15,27H,16H2,1-9H3. The molecule has 1 aliphatic heterocycles. The van der Waals surface area contributed by atoms with E-state index in [1.54, 1.807) is 0 Å². The fourth-order valence-corrected chi connectivity index (χ4v) is 4.48. The minimum absolute atomic E-state index is 0.0725. The average molecular weight is 377 g/mol. The number of hydrogen-bond acceptors (Lipinski definition) is 2. The quantitative estimate of drug-likeness (QED) is 0.637. The summed E-state index contributed by atoms with van der Waals surface area (Å²) in [6, 6.07) is 11.4. The molecule has 2 heteroatoms. The molecule has 1 heterocycles. The fraction of sp³-hybridized carbons (Fsp3) is 0.462. The molecule has 1 N–H and O–H groups in total. The highest BCUT2D eigenvalue weighted by Crippen LogP contribution is 2.42. The highest BCUT2D eigenvalue weighted by atomic mass is 15.3. The van der Waals surface area contributed by atoms with Crippen molar-refractivity contribution in [1.82, 2.24) is 5.32 Å². The topological polar surface area (TPSA) is 15.3 Å². The van der Waals surface area contributed by atoms with Crippen molar-refractivity contribution in [2.24, 2.45) is 0 Å². The third-order valence-corrected chi connectivity index (χ3v) is 5.62. The van der Waals surface area contributed by atoms with Crippen LogP contribution in [0.1, 0.15) is 74.9 Å². The van der Waals surface area contributed by atoms with E-state index >= 15 is 0 Å². The van der Waals surface area contributed by atoms with E-state index < -0.39 is 0 Å². The van der Waals surface area contributed by atoms with Gasteiger partial charge in [0.1, 0.15) is 0 Å². The van der Waals surface area contributed by atoms with Crippen LogP contribution in [0.15, 0.2) is 36.5 Å². The highest BCUT2D eigenvalue weighted by Gasteiger charge is 2.31. The van der Waals surface area contributed by atoms with Crippen molar-refractivity contribution in [2.75, 3.05) is 11.6 Å². The summed E-state index contributed by atoms with van der Waals surface area (Å²) in [5.41, 5.74) is 10.9. The maximum Gasteiger partial charge on any atom is 0.0922 e. The van der Waals surface area contributed by atoms with Crippen LogP contribution in [0.25, 0.3) is 5.70 Å². The molecule has 0 fully saturated rings. The summed E-state index contributed by atoms with van der Waals surface area (Å²) < 4.78 is 0. The van der Waals surface area contributed by atoms with Crippen LogP contribution < -0.4 is 10.2 Å². The molecule has 0 bridgehead atoms. The summed E-state index contributed by atoms with van der Waals surface area (Å²) in [6.07, 6.45) is 2.21. The van der Waals surface area contributed by atoms with Gasteiger partial charge in [-0.15, -0.1) is 0 Å². The van der Waals surface area contributed by atoms with Gasteiger partial charge >= 0.3 is 0 Å². The van der Waals surface area contributed by atoms with Crippen molar-refractivity contribution in [1.29, 1.82) is 0 Å². The van der Waals surface area contributed by atoms with E-state index in [0.717, 1.165) is 6.67 Å². The Labute approximate surface area is 171 Å². The molecule has 150 valence electrons. The van der Waals surface area contributed by atoms with Crippen LogP contribution in [0.3, 0.4) is 0 Å². The van der Waals surface area contributed by atoms with Crippen LogP contribution in [0.4, 0.5) is 5.69 Å². The Hall–Kier alpha value is -2.22. The molecule has 2 aromatic rings. The van der Waals surface area contributed by atoms with Gasteiger partial charge in [-0.2, -0.15) is 0 Å². The molecule has 0 aromatic heterocycles.